The molecule has 0 fully saturated rings. The maximum atomic E-state index is 13.7. The van der Waals surface area contributed by atoms with Gasteiger partial charge in [-0.1, -0.05) is 12.2 Å². The van der Waals surface area contributed by atoms with Crippen molar-refractivity contribution in [3.05, 3.63) is 54.9 Å². The molecule has 0 unspecified atom stereocenters. The summed E-state index contributed by atoms with van der Waals surface area (Å²) in [5.41, 5.74) is -0.304. The molecule has 0 saturated carbocycles. The molecule has 0 aliphatic heterocycles. The Morgan fingerprint density at radius 3 is 2.30 bits per heavy atom. The second-order valence-corrected chi connectivity index (χ2v) is 5.76. The Labute approximate surface area is 116 Å². The van der Waals surface area contributed by atoms with Crippen LogP contribution in [0.2, 0.25) is 0 Å². The van der Waals surface area contributed by atoms with E-state index in [1.165, 1.54) is 12.2 Å². The quantitative estimate of drug-likeness (QED) is 0.780. The maximum absolute atomic E-state index is 13.7. The molecule has 1 aromatic carbocycles. The summed E-state index contributed by atoms with van der Waals surface area (Å²) in [4.78, 5) is 10.2. The highest BCUT2D eigenvalue weighted by Gasteiger charge is 2.27. The van der Waals surface area contributed by atoms with Crippen molar-refractivity contribution in [2.24, 2.45) is 0 Å². The third kappa shape index (κ3) is 3.31. The molecule has 0 spiro atoms. The summed E-state index contributed by atoms with van der Waals surface area (Å²) < 4.78 is 39.3. The lowest BCUT2D eigenvalue weighted by Gasteiger charge is -2.19. The van der Waals surface area contributed by atoms with E-state index in [9.17, 15) is 17.6 Å². The van der Waals surface area contributed by atoms with Gasteiger partial charge in [-0.05, 0) is 18.2 Å². The Morgan fingerprint density at radius 2 is 1.85 bits per heavy atom. The van der Waals surface area contributed by atoms with E-state index >= 15 is 0 Å². The van der Waals surface area contributed by atoms with Crippen LogP contribution in [-0.2, 0) is 10.0 Å². The maximum Gasteiger partial charge on any atom is 0.335 e. The Bertz CT molecular complexity index is 630. The highest BCUT2D eigenvalue weighted by molar-refractivity contribution is 7.89. The van der Waals surface area contributed by atoms with Gasteiger partial charge >= 0.3 is 5.97 Å². The summed E-state index contributed by atoms with van der Waals surface area (Å²) in [7, 11) is -4.16. The van der Waals surface area contributed by atoms with Crippen LogP contribution < -0.4 is 0 Å². The van der Waals surface area contributed by atoms with E-state index in [1.54, 1.807) is 0 Å². The Balaban J connectivity index is 3.39. The molecule has 0 saturated heterocycles. The standard InChI is InChI=1S/C13H14FNO4S/c1-3-7-15(8-4-2)20(18,19)12-9-10(13(16)17)5-6-11(12)14/h3-6,9H,1-2,7-8H2,(H,16,17). The van der Waals surface area contributed by atoms with Crippen LogP contribution in [0, 0.1) is 5.82 Å². The molecule has 0 bridgehead atoms. The number of carboxylic acid groups (broad SMARTS) is 1. The largest absolute Gasteiger partial charge is 0.478 e. The number of hydrogen-bond acceptors (Lipinski definition) is 3. The zero-order valence-corrected chi connectivity index (χ0v) is 11.4. The minimum atomic E-state index is -4.16. The van der Waals surface area contributed by atoms with Gasteiger partial charge in [0, 0.05) is 13.1 Å². The van der Waals surface area contributed by atoms with Gasteiger partial charge in [0.25, 0.3) is 0 Å². The zero-order valence-electron chi connectivity index (χ0n) is 10.6. The molecular weight excluding hydrogens is 285 g/mol. The van der Waals surface area contributed by atoms with Crippen molar-refractivity contribution in [2.45, 2.75) is 4.90 Å². The highest BCUT2D eigenvalue weighted by Crippen LogP contribution is 2.21. The van der Waals surface area contributed by atoms with E-state index in [-0.39, 0.29) is 18.7 Å². The minimum Gasteiger partial charge on any atom is -0.478 e. The van der Waals surface area contributed by atoms with E-state index in [4.69, 9.17) is 5.11 Å². The normalized spacial score (nSPS) is 11.3. The molecule has 0 atom stereocenters. The fourth-order valence-electron chi connectivity index (χ4n) is 1.53. The molecule has 1 rings (SSSR count). The molecule has 5 nitrogen and oxygen atoms in total. The van der Waals surface area contributed by atoms with Gasteiger partial charge in [0.05, 0.1) is 5.56 Å². The first-order valence-corrected chi connectivity index (χ1v) is 7.03. The van der Waals surface area contributed by atoms with Crippen molar-refractivity contribution in [3.63, 3.8) is 0 Å². The fourth-order valence-corrected chi connectivity index (χ4v) is 3.00. The van der Waals surface area contributed by atoms with E-state index in [1.807, 2.05) is 0 Å². The molecule has 20 heavy (non-hydrogen) atoms. The summed E-state index contributed by atoms with van der Waals surface area (Å²) in [5, 5.41) is 8.85. The van der Waals surface area contributed by atoms with E-state index < -0.39 is 26.7 Å². The fraction of sp³-hybridized carbons (Fsp3) is 0.154. The number of carboxylic acids is 1. The SMILES string of the molecule is C=CCN(CC=C)S(=O)(=O)c1cc(C(=O)O)ccc1F. The highest BCUT2D eigenvalue weighted by atomic mass is 32.2. The van der Waals surface area contributed by atoms with Crippen molar-refractivity contribution in [1.29, 1.82) is 0 Å². The van der Waals surface area contributed by atoms with Crippen LogP contribution in [-0.4, -0.2) is 36.9 Å². The molecule has 0 aliphatic carbocycles. The molecular formula is C13H14FNO4S. The average Bonchev–Trinajstić information content (AvgIpc) is 2.38. The van der Waals surface area contributed by atoms with Crippen LogP contribution in [0.15, 0.2) is 48.4 Å². The van der Waals surface area contributed by atoms with Gasteiger partial charge in [0.15, 0.2) is 0 Å². The lowest BCUT2D eigenvalue weighted by atomic mass is 10.2. The lowest BCUT2D eigenvalue weighted by Crippen LogP contribution is -2.32. The zero-order chi connectivity index (χ0) is 15.3. The number of halogens is 1. The van der Waals surface area contributed by atoms with Gasteiger partial charge in [-0.3, -0.25) is 0 Å². The number of sulfonamides is 1. The van der Waals surface area contributed by atoms with Crippen molar-refractivity contribution in [3.8, 4) is 0 Å². The van der Waals surface area contributed by atoms with Crippen LogP contribution >= 0.6 is 0 Å². The number of benzene rings is 1. The van der Waals surface area contributed by atoms with Crippen LogP contribution in [0.25, 0.3) is 0 Å². The monoisotopic (exact) mass is 299 g/mol. The van der Waals surface area contributed by atoms with Crippen LogP contribution in [0.5, 0.6) is 0 Å². The lowest BCUT2D eigenvalue weighted by molar-refractivity contribution is 0.0696. The Morgan fingerprint density at radius 1 is 1.30 bits per heavy atom. The summed E-state index contributed by atoms with van der Waals surface area (Å²) in [6, 6.07) is 2.62. The van der Waals surface area contributed by atoms with Gasteiger partial charge in [-0.15, -0.1) is 13.2 Å². The van der Waals surface area contributed by atoms with Gasteiger partial charge in [-0.25, -0.2) is 17.6 Å². The third-order valence-corrected chi connectivity index (χ3v) is 4.31. The smallest absolute Gasteiger partial charge is 0.335 e. The van der Waals surface area contributed by atoms with Crippen molar-refractivity contribution in [1.82, 2.24) is 4.31 Å². The first-order chi connectivity index (χ1) is 9.34. The number of aromatic carboxylic acids is 1. The first kappa shape index (κ1) is 16.1. The molecule has 1 aromatic rings. The number of nitrogens with zero attached hydrogens (tertiary/aromatic N) is 1. The molecule has 1 N–H and O–H groups in total. The topological polar surface area (TPSA) is 74.7 Å². The second-order valence-electron chi connectivity index (χ2n) is 3.85. The third-order valence-electron chi connectivity index (χ3n) is 2.46. The van der Waals surface area contributed by atoms with Gasteiger partial charge < -0.3 is 5.11 Å². The predicted molar refractivity (Wildman–Crippen MR) is 72.5 cm³/mol. The van der Waals surface area contributed by atoms with E-state index in [0.717, 1.165) is 22.5 Å². The molecule has 0 aliphatic rings. The molecule has 0 aromatic heterocycles. The molecule has 108 valence electrons. The van der Waals surface area contributed by atoms with Crippen LogP contribution in [0.4, 0.5) is 4.39 Å². The molecule has 0 amide bonds. The van der Waals surface area contributed by atoms with Crippen LogP contribution in [0.1, 0.15) is 10.4 Å². The summed E-state index contributed by atoms with van der Waals surface area (Å²) >= 11 is 0. The van der Waals surface area contributed by atoms with Crippen molar-refractivity contribution in [2.75, 3.05) is 13.1 Å². The number of carbonyl (C=O) groups is 1. The number of rotatable bonds is 7. The molecule has 0 radical (unpaired) electrons. The predicted octanol–water partition coefficient (Wildman–Crippen LogP) is 1.89. The second kappa shape index (κ2) is 6.44. The van der Waals surface area contributed by atoms with Gasteiger partial charge in [0.1, 0.15) is 10.7 Å². The summed E-state index contributed by atoms with van der Waals surface area (Å²) in [6.45, 7) is 6.79. The van der Waals surface area contributed by atoms with E-state index in [2.05, 4.69) is 13.2 Å². The Kier molecular flexibility index (Phi) is 5.18. The number of hydrogen-bond donors (Lipinski definition) is 1. The average molecular weight is 299 g/mol. The van der Waals surface area contributed by atoms with Crippen molar-refractivity contribution >= 4 is 16.0 Å². The molecule has 0 heterocycles. The van der Waals surface area contributed by atoms with Crippen molar-refractivity contribution < 1.29 is 22.7 Å². The summed E-state index contributed by atoms with van der Waals surface area (Å²) in [5.74, 6) is -2.34. The summed E-state index contributed by atoms with van der Waals surface area (Å²) in [6.07, 6.45) is 2.69. The van der Waals surface area contributed by atoms with Crippen LogP contribution in [0.3, 0.4) is 0 Å². The Hall–Kier alpha value is -1.99. The molecule has 7 heteroatoms. The minimum absolute atomic E-state index is 0.0366. The first-order valence-electron chi connectivity index (χ1n) is 5.59. The van der Waals surface area contributed by atoms with Gasteiger partial charge in [0.2, 0.25) is 10.0 Å². The van der Waals surface area contributed by atoms with Gasteiger partial charge in [-0.2, -0.15) is 4.31 Å². The van der Waals surface area contributed by atoms with E-state index in [0.29, 0.717) is 0 Å².